The highest BCUT2D eigenvalue weighted by Gasteiger charge is 2.38. The first-order valence-corrected chi connectivity index (χ1v) is 11.4. The van der Waals surface area contributed by atoms with Crippen molar-refractivity contribution in [2.75, 3.05) is 37.6 Å². The number of aryl methyl sites for hydroxylation is 2. The van der Waals surface area contributed by atoms with Crippen molar-refractivity contribution in [3.63, 3.8) is 0 Å². The molecule has 2 amide bonds. The minimum absolute atomic E-state index is 0.0802. The first-order valence-electron chi connectivity index (χ1n) is 9.95. The Kier molecular flexibility index (Phi) is 5.48. The van der Waals surface area contributed by atoms with Crippen molar-refractivity contribution in [2.24, 2.45) is 0 Å². The Labute approximate surface area is 180 Å². The first kappa shape index (κ1) is 21.3. The molecule has 2 aliphatic rings. The highest BCUT2D eigenvalue weighted by Crippen LogP contribution is 2.33. The fourth-order valence-corrected chi connectivity index (χ4v) is 5.70. The molecule has 3 heterocycles. The smallest absolute Gasteiger partial charge is 0.265 e. The van der Waals surface area contributed by atoms with Crippen molar-refractivity contribution in [2.45, 2.75) is 31.8 Å². The lowest BCUT2D eigenvalue weighted by molar-refractivity contribution is -0.140. The van der Waals surface area contributed by atoms with E-state index in [1.165, 1.54) is 16.1 Å². The van der Waals surface area contributed by atoms with E-state index in [0.29, 0.717) is 17.1 Å². The Morgan fingerprint density at radius 1 is 1.10 bits per heavy atom. The summed E-state index contributed by atoms with van der Waals surface area (Å²) in [5.41, 5.74) is 0.948. The van der Waals surface area contributed by atoms with Gasteiger partial charge in [0.1, 0.15) is 16.3 Å². The van der Waals surface area contributed by atoms with Gasteiger partial charge in [0.15, 0.2) is 11.9 Å². The summed E-state index contributed by atoms with van der Waals surface area (Å²) in [4.78, 5) is 28.4. The highest BCUT2D eigenvalue weighted by molar-refractivity contribution is 7.89. The number of fused-ring (bicyclic) bond motifs is 1. The number of ether oxygens (including phenoxy) is 1. The summed E-state index contributed by atoms with van der Waals surface area (Å²) in [7, 11) is -3.76. The Bertz CT molecular complexity index is 1100. The molecule has 1 fully saturated rings. The van der Waals surface area contributed by atoms with Gasteiger partial charge in [-0.3, -0.25) is 9.59 Å². The molecule has 11 heteroatoms. The van der Waals surface area contributed by atoms with E-state index in [0.717, 1.165) is 0 Å². The summed E-state index contributed by atoms with van der Waals surface area (Å²) in [6, 6.07) is 7.08. The average molecular weight is 449 g/mol. The maximum absolute atomic E-state index is 13.1. The molecule has 0 unspecified atom stereocenters. The number of sulfonamides is 1. The summed E-state index contributed by atoms with van der Waals surface area (Å²) < 4.78 is 38.2. The predicted octanol–water partition coefficient (Wildman–Crippen LogP) is 0.938. The summed E-state index contributed by atoms with van der Waals surface area (Å²) in [6.07, 6.45) is -0.843. The van der Waals surface area contributed by atoms with E-state index in [9.17, 15) is 18.0 Å². The number of hydrogen-bond acceptors (Lipinski definition) is 7. The molecule has 10 nitrogen and oxygen atoms in total. The van der Waals surface area contributed by atoms with Gasteiger partial charge in [0.25, 0.3) is 5.91 Å². The second kappa shape index (κ2) is 7.97. The van der Waals surface area contributed by atoms with Gasteiger partial charge >= 0.3 is 0 Å². The second-order valence-electron chi connectivity index (χ2n) is 7.59. The molecular weight excluding hydrogens is 424 g/mol. The van der Waals surface area contributed by atoms with E-state index in [2.05, 4.69) is 5.16 Å². The quantitative estimate of drug-likeness (QED) is 0.687. The SMILES string of the molecule is CC(=O)N1C[C@H](C(=O)N2CCN(S(=O)(=O)c3c(C)noc3C)CC2)Oc2ccccc21. The van der Waals surface area contributed by atoms with E-state index in [1.54, 1.807) is 43.0 Å². The maximum atomic E-state index is 13.1. The molecule has 1 aromatic heterocycles. The molecule has 166 valence electrons. The molecule has 31 heavy (non-hydrogen) atoms. The van der Waals surface area contributed by atoms with Crippen molar-refractivity contribution in [3.05, 3.63) is 35.7 Å². The van der Waals surface area contributed by atoms with Gasteiger partial charge in [0.2, 0.25) is 15.9 Å². The highest BCUT2D eigenvalue weighted by atomic mass is 32.2. The van der Waals surface area contributed by atoms with Crippen LogP contribution in [-0.4, -0.2) is 73.4 Å². The first-order chi connectivity index (χ1) is 14.7. The van der Waals surface area contributed by atoms with Crippen LogP contribution >= 0.6 is 0 Å². The zero-order valence-electron chi connectivity index (χ0n) is 17.6. The molecule has 1 atom stereocenters. The number of anilines is 1. The number of nitrogens with zero attached hydrogens (tertiary/aromatic N) is 4. The van der Waals surface area contributed by atoms with Crippen LogP contribution in [0.15, 0.2) is 33.7 Å². The van der Waals surface area contributed by atoms with Crippen LogP contribution in [0.5, 0.6) is 5.75 Å². The molecule has 1 aromatic carbocycles. The maximum Gasteiger partial charge on any atom is 0.265 e. The molecule has 0 aliphatic carbocycles. The number of carbonyl (C=O) groups is 2. The van der Waals surface area contributed by atoms with Crippen LogP contribution < -0.4 is 9.64 Å². The van der Waals surface area contributed by atoms with Gasteiger partial charge in [-0.25, -0.2) is 8.42 Å². The third-order valence-corrected chi connectivity index (χ3v) is 7.69. The molecule has 0 bridgehead atoms. The van der Waals surface area contributed by atoms with Gasteiger partial charge in [-0.05, 0) is 26.0 Å². The molecule has 0 N–H and O–H groups in total. The van der Waals surface area contributed by atoms with Crippen molar-refractivity contribution >= 4 is 27.5 Å². The normalized spacial score (nSPS) is 19.6. The fourth-order valence-electron chi connectivity index (χ4n) is 3.99. The number of carbonyl (C=O) groups excluding carboxylic acids is 2. The van der Waals surface area contributed by atoms with Crippen molar-refractivity contribution < 1.29 is 27.3 Å². The number of piperazine rings is 1. The average Bonchev–Trinajstić information content (AvgIpc) is 3.11. The zero-order valence-corrected chi connectivity index (χ0v) is 18.4. The number of rotatable bonds is 3. The molecule has 1 saturated heterocycles. The van der Waals surface area contributed by atoms with E-state index in [-0.39, 0.29) is 55.2 Å². The van der Waals surface area contributed by atoms with Crippen LogP contribution in [0.2, 0.25) is 0 Å². The lowest BCUT2D eigenvalue weighted by Gasteiger charge is -2.38. The van der Waals surface area contributed by atoms with Gasteiger partial charge in [0, 0.05) is 33.1 Å². The van der Waals surface area contributed by atoms with Crippen molar-refractivity contribution in [1.29, 1.82) is 0 Å². The van der Waals surface area contributed by atoms with Crippen LogP contribution in [0.25, 0.3) is 0 Å². The van der Waals surface area contributed by atoms with Crippen molar-refractivity contribution in [1.82, 2.24) is 14.4 Å². The summed E-state index contributed by atoms with van der Waals surface area (Å²) >= 11 is 0. The number of hydrogen-bond donors (Lipinski definition) is 0. The molecule has 0 spiro atoms. The van der Waals surface area contributed by atoms with Crippen LogP contribution in [0.3, 0.4) is 0 Å². The van der Waals surface area contributed by atoms with Crippen LogP contribution in [0.4, 0.5) is 5.69 Å². The monoisotopic (exact) mass is 448 g/mol. The van der Waals surface area contributed by atoms with E-state index < -0.39 is 16.1 Å². The summed E-state index contributed by atoms with van der Waals surface area (Å²) in [5, 5.41) is 3.73. The van der Waals surface area contributed by atoms with Gasteiger partial charge in [-0.1, -0.05) is 17.3 Å². The Hall–Kier alpha value is -2.92. The molecule has 2 aromatic rings. The molecular formula is C20H24N4O6S. The number of aromatic nitrogens is 1. The van der Waals surface area contributed by atoms with Gasteiger partial charge < -0.3 is 19.1 Å². The second-order valence-corrected chi connectivity index (χ2v) is 9.46. The predicted molar refractivity (Wildman–Crippen MR) is 110 cm³/mol. The number of benzene rings is 1. The molecule has 0 saturated carbocycles. The minimum Gasteiger partial charge on any atom is -0.476 e. The Morgan fingerprint density at radius 2 is 1.77 bits per heavy atom. The Balaban J connectivity index is 1.46. The van der Waals surface area contributed by atoms with Crippen molar-refractivity contribution in [3.8, 4) is 5.75 Å². The van der Waals surface area contributed by atoms with Gasteiger partial charge in [-0.2, -0.15) is 4.31 Å². The van der Waals surface area contributed by atoms with Gasteiger partial charge in [-0.15, -0.1) is 0 Å². The minimum atomic E-state index is -3.76. The Morgan fingerprint density at radius 3 is 2.39 bits per heavy atom. The fraction of sp³-hybridized carbons (Fsp3) is 0.450. The van der Waals surface area contributed by atoms with Crippen LogP contribution in [0, 0.1) is 13.8 Å². The van der Waals surface area contributed by atoms with E-state index in [1.807, 2.05) is 0 Å². The van der Waals surface area contributed by atoms with Crippen LogP contribution in [0.1, 0.15) is 18.4 Å². The number of amides is 2. The lowest BCUT2D eigenvalue weighted by Crippen LogP contribution is -2.56. The third kappa shape index (κ3) is 3.79. The number of para-hydroxylation sites is 2. The lowest BCUT2D eigenvalue weighted by atomic mass is 10.1. The molecule has 4 rings (SSSR count). The third-order valence-electron chi connectivity index (χ3n) is 5.55. The standard InChI is InChI=1S/C20H24N4O6S/c1-13-19(14(2)30-21-13)31(27,28)23-10-8-22(9-11-23)20(26)18-12-24(15(3)25)16-6-4-5-7-17(16)29-18/h4-7,18H,8-12H2,1-3H3/t18-/m1/s1. The topological polar surface area (TPSA) is 113 Å². The summed E-state index contributed by atoms with van der Waals surface area (Å²) in [5.74, 6) is 0.274. The zero-order chi connectivity index (χ0) is 22.3. The molecule has 0 radical (unpaired) electrons. The largest absolute Gasteiger partial charge is 0.476 e. The molecule has 2 aliphatic heterocycles. The van der Waals surface area contributed by atoms with Gasteiger partial charge in [0.05, 0.1) is 12.2 Å². The summed E-state index contributed by atoms with van der Waals surface area (Å²) in [6.45, 7) is 5.46. The van der Waals surface area contributed by atoms with E-state index in [4.69, 9.17) is 9.26 Å². The van der Waals surface area contributed by atoms with E-state index >= 15 is 0 Å². The van der Waals surface area contributed by atoms with Crippen LogP contribution in [-0.2, 0) is 19.6 Å².